The molecule has 4 aliphatic rings. The van der Waals surface area contributed by atoms with Crippen molar-refractivity contribution >= 4 is 34.5 Å². The number of aromatic nitrogens is 1. The molecule has 2 atom stereocenters. The molecule has 0 bridgehead atoms. The van der Waals surface area contributed by atoms with E-state index in [1.165, 1.54) is 0 Å². The minimum absolute atomic E-state index is 0.00267. The third-order valence-corrected chi connectivity index (χ3v) is 12.4. The van der Waals surface area contributed by atoms with E-state index in [9.17, 15) is 24.3 Å². The van der Waals surface area contributed by atoms with Gasteiger partial charge in [0.05, 0.1) is 30.3 Å². The fourth-order valence-electron chi connectivity index (χ4n) is 9.33. The maximum absolute atomic E-state index is 14.7. The number of piperazine rings is 1. The molecule has 0 radical (unpaired) electrons. The number of fused-ring (bicyclic) bond motifs is 2. The SMILES string of the molecule is C=CCN1CC(=O)N2[C@@H](Cc3ccc(O)cc3)C(=O)N(Cc3cccc4c(C(=O)N5CC(N6CCC(OC)CC6)C5)cn(C)c34)C[C@@H]2N1C(=O)CCc1ccccc1. The molecule has 0 saturated carbocycles. The molecule has 4 aromatic rings. The highest BCUT2D eigenvalue weighted by Gasteiger charge is 2.51. The number of hydrogen-bond acceptors (Lipinski definition) is 8. The topological polar surface area (TPSA) is 122 Å². The van der Waals surface area contributed by atoms with Gasteiger partial charge in [0.2, 0.25) is 17.7 Å². The number of benzene rings is 3. The number of piperidine rings is 1. The summed E-state index contributed by atoms with van der Waals surface area (Å²) in [6.45, 7) is 7.78. The summed E-state index contributed by atoms with van der Waals surface area (Å²) in [5.41, 5.74) is 4.16. The molecular weight excluding hydrogens is 735 g/mol. The van der Waals surface area contributed by atoms with Crippen LogP contribution >= 0.6 is 0 Å². The second-order valence-corrected chi connectivity index (χ2v) is 16.0. The van der Waals surface area contributed by atoms with Gasteiger partial charge in [-0.05, 0) is 48.1 Å². The first-order valence-electron chi connectivity index (χ1n) is 20.4. The van der Waals surface area contributed by atoms with Crippen LogP contribution in [0.5, 0.6) is 5.75 Å². The quantitative estimate of drug-likeness (QED) is 0.216. The summed E-state index contributed by atoms with van der Waals surface area (Å²) in [5, 5.41) is 14.2. The highest BCUT2D eigenvalue weighted by Crippen LogP contribution is 2.33. The second-order valence-electron chi connectivity index (χ2n) is 16.0. The van der Waals surface area contributed by atoms with Crippen LogP contribution in [0, 0.1) is 0 Å². The monoisotopic (exact) mass is 787 g/mol. The zero-order chi connectivity index (χ0) is 40.5. The van der Waals surface area contributed by atoms with E-state index in [-0.39, 0.29) is 68.4 Å². The average Bonchev–Trinajstić information content (AvgIpc) is 3.56. The number of amides is 4. The summed E-state index contributed by atoms with van der Waals surface area (Å²) in [4.78, 5) is 64.9. The van der Waals surface area contributed by atoms with Crippen LogP contribution in [-0.4, -0.2) is 140 Å². The third kappa shape index (κ3) is 7.73. The molecule has 4 amide bonds. The Hall–Kier alpha value is -5.50. The number of aryl methyl sites for hydroxylation is 2. The Bertz CT molecular complexity index is 2160. The number of para-hydroxylation sites is 1. The van der Waals surface area contributed by atoms with Crippen molar-refractivity contribution in [1.29, 1.82) is 0 Å². The smallest absolute Gasteiger partial charge is 0.256 e. The van der Waals surface area contributed by atoms with Crippen LogP contribution in [0.4, 0.5) is 0 Å². The number of phenolic OH excluding ortho intramolecular Hbond substituents is 1. The first-order chi connectivity index (χ1) is 28.1. The van der Waals surface area contributed by atoms with Crippen LogP contribution in [0.25, 0.3) is 10.9 Å². The van der Waals surface area contributed by atoms with Gasteiger partial charge in [0.25, 0.3) is 5.91 Å². The molecule has 4 fully saturated rings. The average molecular weight is 788 g/mol. The molecule has 58 heavy (non-hydrogen) atoms. The van der Waals surface area contributed by atoms with Crippen LogP contribution in [0.2, 0.25) is 0 Å². The lowest BCUT2D eigenvalue weighted by Crippen LogP contribution is -2.75. The largest absolute Gasteiger partial charge is 0.508 e. The van der Waals surface area contributed by atoms with Gasteiger partial charge < -0.3 is 29.1 Å². The van der Waals surface area contributed by atoms with E-state index in [1.807, 2.05) is 71.2 Å². The number of phenols is 1. The van der Waals surface area contributed by atoms with Gasteiger partial charge in [0, 0.05) is 83.9 Å². The van der Waals surface area contributed by atoms with Gasteiger partial charge >= 0.3 is 0 Å². The predicted molar refractivity (Wildman–Crippen MR) is 219 cm³/mol. The summed E-state index contributed by atoms with van der Waals surface area (Å²) in [6, 6.07) is 21.8. The van der Waals surface area contributed by atoms with Gasteiger partial charge in [-0.15, -0.1) is 6.58 Å². The molecule has 0 aliphatic carbocycles. The van der Waals surface area contributed by atoms with E-state index in [4.69, 9.17) is 4.74 Å². The van der Waals surface area contributed by atoms with E-state index in [1.54, 1.807) is 57.3 Å². The van der Waals surface area contributed by atoms with Gasteiger partial charge in [0.1, 0.15) is 18.0 Å². The molecule has 0 spiro atoms. The Morgan fingerprint density at radius 3 is 2.38 bits per heavy atom. The third-order valence-electron chi connectivity index (χ3n) is 12.4. The summed E-state index contributed by atoms with van der Waals surface area (Å²) in [7, 11) is 3.70. The Balaban J connectivity index is 1.07. The first-order valence-corrected chi connectivity index (χ1v) is 20.4. The molecule has 4 saturated heterocycles. The van der Waals surface area contributed by atoms with Gasteiger partial charge in [0.15, 0.2) is 0 Å². The molecule has 13 heteroatoms. The maximum atomic E-state index is 14.7. The number of methoxy groups -OCH3 is 1. The molecule has 8 rings (SSSR count). The standard InChI is InChI=1S/C45H53N7O6/c1-4-21-50-30-42(55)51-39(24-32-13-16-35(53)17-14-32)45(57)48(29-40(51)52(50)41(54)18-15-31-9-6-5-7-10-31)25-33-11-8-12-37-38(28-46(2)43(33)37)44(56)49-26-34(27-49)47-22-19-36(58-3)20-23-47/h4-14,16-17,28,34,36,39-40,53H,1,15,18-27,29-30H2,2-3H3/t39-,40-/m0/s1. The molecule has 1 N–H and O–H groups in total. The normalized spacial score (nSPS) is 21.1. The molecule has 3 aromatic carbocycles. The summed E-state index contributed by atoms with van der Waals surface area (Å²) < 4.78 is 7.51. The van der Waals surface area contributed by atoms with Crippen molar-refractivity contribution in [1.82, 2.24) is 34.2 Å². The molecule has 5 heterocycles. The second kappa shape index (κ2) is 16.8. The van der Waals surface area contributed by atoms with Crippen molar-refractivity contribution in [3.05, 3.63) is 114 Å². The summed E-state index contributed by atoms with van der Waals surface area (Å²) >= 11 is 0. The fourth-order valence-corrected chi connectivity index (χ4v) is 9.33. The van der Waals surface area contributed by atoms with Crippen molar-refractivity contribution in [2.75, 3.05) is 52.9 Å². The van der Waals surface area contributed by atoms with Crippen LogP contribution in [0.1, 0.15) is 46.3 Å². The number of carbonyl (C=O) groups excluding carboxylic acids is 4. The number of nitrogens with zero attached hydrogens (tertiary/aromatic N) is 7. The lowest BCUT2D eigenvalue weighted by molar-refractivity contribution is -0.205. The minimum atomic E-state index is -0.893. The molecule has 1 aromatic heterocycles. The summed E-state index contributed by atoms with van der Waals surface area (Å²) in [5.74, 6) is -0.512. The Labute approximate surface area is 339 Å². The lowest BCUT2D eigenvalue weighted by atomic mass is 9.97. The number of carbonyl (C=O) groups is 4. The molecule has 13 nitrogen and oxygen atoms in total. The number of hydrazine groups is 1. The maximum Gasteiger partial charge on any atom is 0.256 e. The zero-order valence-corrected chi connectivity index (χ0v) is 33.4. The van der Waals surface area contributed by atoms with Crippen LogP contribution in [0.15, 0.2) is 91.6 Å². The van der Waals surface area contributed by atoms with E-state index in [2.05, 4.69) is 11.5 Å². The Morgan fingerprint density at radius 2 is 1.67 bits per heavy atom. The minimum Gasteiger partial charge on any atom is -0.508 e. The lowest BCUT2D eigenvalue weighted by Gasteiger charge is -2.55. The number of likely N-dealkylation sites (tertiary alicyclic amines) is 2. The van der Waals surface area contributed by atoms with E-state index >= 15 is 0 Å². The predicted octanol–water partition coefficient (Wildman–Crippen LogP) is 3.81. The summed E-state index contributed by atoms with van der Waals surface area (Å²) in [6.07, 6.45) is 6.10. The number of rotatable bonds is 12. The van der Waals surface area contributed by atoms with Gasteiger partial charge in [-0.1, -0.05) is 66.7 Å². The van der Waals surface area contributed by atoms with E-state index < -0.39 is 12.2 Å². The van der Waals surface area contributed by atoms with Crippen LogP contribution in [0.3, 0.4) is 0 Å². The van der Waals surface area contributed by atoms with Gasteiger partial charge in [-0.3, -0.25) is 24.1 Å². The fraction of sp³-hybridized carbons (Fsp3) is 0.422. The molecule has 4 aliphatic heterocycles. The van der Waals surface area contributed by atoms with E-state index in [0.29, 0.717) is 37.2 Å². The molecule has 304 valence electrons. The van der Waals surface area contributed by atoms with Crippen LogP contribution in [-0.2, 0) is 45.6 Å². The highest BCUT2D eigenvalue weighted by molar-refractivity contribution is 6.08. The molecular formula is C45H53N7O6. The van der Waals surface area contributed by atoms with E-state index in [0.717, 1.165) is 53.5 Å². The highest BCUT2D eigenvalue weighted by atomic mass is 16.5. The first kappa shape index (κ1) is 39.3. The number of hydrogen-bond donors (Lipinski definition) is 1. The van der Waals surface area contributed by atoms with Crippen molar-refractivity contribution in [2.45, 2.75) is 63.0 Å². The number of aromatic hydroxyl groups is 1. The zero-order valence-electron chi connectivity index (χ0n) is 33.4. The Kier molecular flexibility index (Phi) is 11.4. The van der Waals surface area contributed by atoms with Gasteiger partial charge in [-0.2, -0.15) is 0 Å². The van der Waals surface area contributed by atoms with Crippen molar-refractivity contribution in [3.63, 3.8) is 0 Å². The van der Waals surface area contributed by atoms with Crippen LogP contribution < -0.4 is 0 Å². The van der Waals surface area contributed by atoms with Crippen molar-refractivity contribution in [2.24, 2.45) is 7.05 Å². The van der Waals surface area contributed by atoms with Crippen molar-refractivity contribution < 1.29 is 29.0 Å². The Morgan fingerprint density at radius 1 is 0.931 bits per heavy atom. The van der Waals surface area contributed by atoms with Crippen molar-refractivity contribution in [3.8, 4) is 5.75 Å². The van der Waals surface area contributed by atoms with Gasteiger partial charge in [-0.25, -0.2) is 10.0 Å². The molecule has 0 unspecified atom stereocenters. The number of ether oxygens (including phenoxy) is 1.